The number of nitrogens with one attached hydrogen (secondary N) is 2. The predicted molar refractivity (Wildman–Crippen MR) is 99.3 cm³/mol. The molecule has 0 radical (unpaired) electrons. The van der Waals surface area contributed by atoms with E-state index in [1.54, 1.807) is 0 Å². The Morgan fingerprint density at radius 3 is 2.17 bits per heavy atom. The molecular weight excluding hydrogens is 302 g/mol. The van der Waals surface area contributed by atoms with Crippen molar-refractivity contribution in [2.45, 2.75) is 78.1 Å². The number of aryl methyl sites for hydroxylation is 2. The van der Waals surface area contributed by atoms with E-state index in [1.165, 1.54) is 51.4 Å². The van der Waals surface area contributed by atoms with E-state index in [0.29, 0.717) is 11.7 Å². The van der Waals surface area contributed by atoms with Crippen molar-refractivity contribution in [2.75, 3.05) is 20.1 Å². The summed E-state index contributed by atoms with van der Waals surface area (Å²) in [6, 6.07) is 0. The summed E-state index contributed by atoms with van der Waals surface area (Å²) in [6.45, 7) is 5.93. The Morgan fingerprint density at radius 1 is 0.958 bits per heavy atom. The fraction of sp³-hybridized carbons (Fsp3) is 0.833. The highest BCUT2D eigenvalue weighted by molar-refractivity contribution is 5.79. The van der Waals surface area contributed by atoms with Crippen molar-refractivity contribution in [2.24, 2.45) is 4.99 Å². The van der Waals surface area contributed by atoms with Gasteiger partial charge in [-0.15, -0.1) is 0 Å². The highest BCUT2D eigenvalue weighted by Crippen LogP contribution is 2.07. The van der Waals surface area contributed by atoms with Gasteiger partial charge in [-0.25, -0.2) is 0 Å². The van der Waals surface area contributed by atoms with Gasteiger partial charge in [0.15, 0.2) is 11.8 Å². The molecule has 6 nitrogen and oxygen atoms in total. The second kappa shape index (κ2) is 13.8. The zero-order valence-corrected chi connectivity index (χ0v) is 15.7. The molecule has 0 atom stereocenters. The third kappa shape index (κ3) is 10.2. The van der Waals surface area contributed by atoms with Gasteiger partial charge in [-0.2, -0.15) is 4.98 Å². The summed E-state index contributed by atoms with van der Waals surface area (Å²) in [7, 11) is 1.81. The SMILES string of the molecule is CCCCCCCCCCNC(=NC)NCCCc1nc(C)no1. The van der Waals surface area contributed by atoms with Crippen molar-refractivity contribution >= 4 is 5.96 Å². The van der Waals surface area contributed by atoms with Crippen LogP contribution in [-0.2, 0) is 6.42 Å². The number of unbranched alkanes of at least 4 members (excludes halogenated alkanes) is 7. The van der Waals surface area contributed by atoms with Crippen LogP contribution >= 0.6 is 0 Å². The summed E-state index contributed by atoms with van der Waals surface area (Å²) >= 11 is 0. The van der Waals surface area contributed by atoms with Crippen LogP contribution in [0.25, 0.3) is 0 Å². The van der Waals surface area contributed by atoms with E-state index >= 15 is 0 Å². The zero-order valence-electron chi connectivity index (χ0n) is 15.7. The number of nitrogens with zero attached hydrogens (tertiary/aromatic N) is 3. The Morgan fingerprint density at radius 2 is 1.58 bits per heavy atom. The Balaban J connectivity index is 1.95. The molecule has 0 amide bonds. The van der Waals surface area contributed by atoms with E-state index in [0.717, 1.165) is 31.9 Å². The molecular formula is C18H35N5O. The van der Waals surface area contributed by atoms with E-state index in [2.05, 4.69) is 32.7 Å². The van der Waals surface area contributed by atoms with E-state index in [9.17, 15) is 0 Å². The molecule has 0 bridgehead atoms. The number of guanidine groups is 1. The van der Waals surface area contributed by atoms with Crippen molar-refractivity contribution in [3.63, 3.8) is 0 Å². The second-order valence-electron chi connectivity index (χ2n) is 6.24. The summed E-state index contributed by atoms with van der Waals surface area (Å²) in [4.78, 5) is 8.44. The first-order chi connectivity index (χ1) is 11.8. The van der Waals surface area contributed by atoms with E-state index in [4.69, 9.17) is 4.52 Å². The molecule has 1 aromatic rings. The van der Waals surface area contributed by atoms with Gasteiger partial charge in [0.25, 0.3) is 0 Å². The molecule has 6 heteroatoms. The van der Waals surface area contributed by atoms with E-state index in [-0.39, 0.29) is 0 Å². The van der Waals surface area contributed by atoms with Gasteiger partial charge in [0, 0.05) is 26.6 Å². The molecule has 2 N–H and O–H groups in total. The first-order valence-electron chi connectivity index (χ1n) is 9.50. The molecule has 1 rings (SSSR count). The van der Waals surface area contributed by atoms with Gasteiger partial charge in [0.1, 0.15) is 0 Å². The maximum absolute atomic E-state index is 5.10. The van der Waals surface area contributed by atoms with Gasteiger partial charge in [-0.1, -0.05) is 57.0 Å². The molecule has 0 aliphatic rings. The van der Waals surface area contributed by atoms with Crippen molar-refractivity contribution in [3.8, 4) is 0 Å². The normalized spacial score (nSPS) is 11.7. The second-order valence-corrected chi connectivity index (χ2v) is 6.24. The lowest BCUT2D eigenvalue weighted by Gasteiger charge is -2.11. The van der Waals surface area contributed by atoms with E-state index < -0.39 is 0 Å². The number of rotatable bonds is 13. The van der Waals surface area contributed by atoms with E-state index in [1.807, 2.05) is 14.0 Å². The molecule has 0 saturated heterocycles. The summed E-state index contributed by atoms with van der Waals surface area (Å²) in [5.74, 6) is 2.27. The van der Waals surface area contributed by atoms with Crippen LogP contribution in [0.3, 0.4) is 0 Å². The minimum Gasteiger partial charge on any atom is -0.356 e. The molecule has 0 aliphatic heterocycles. The van der Waals surface area contributed by atoms with Gasteiger partial charge in [0.05, 0.1) is 0 Å². The predicted octanol–water partition coefficient (Wildman–Crippen LogP) is 3.62. The molecule has 138 valence electrons. The number of aromatic nitrogens is 2. The minimum absolute atomic E-state index is 0.695. The standard InChI is InChI=1S/C18H35N5O/c1-4-5-6-7-8-9-10-11-14-20-18(19-3)21-15-12-13-17-22-16(2)23-24-17/h4-15H2,1-3H3,(H2,19,20,21). The molecule has 0 saturated carbocycles. The molecule has 0 spiro atoms. The van der Waals surface area contributed by atoms with Crippen LogP contribution in [0.2, 0.25) is 0 Å². The van der Waals surface area contributed by atoms with Crippen LogP contribution in [-0.4, -0.2) is 36.2 Å². The van der Waals surface area contributed by atoms with Crippen LogP contribution in [0.5, 0.6) is 0 Å². The van der Waals surface area contributed by atoms with Crippen molar-refractivity contribution in [3.05, 3.63) is 11.7 Å². The molecule has 24 heavy (non-hydrogen) atoms. The number of hydrogen-bond donors (Lipinski definition) is 2. The molecule has 1 aromatic heterocycles. The Labute approximate surface area is 146 Å². The van der Waals surface area contributed by atoms with Crippen molar-refractivity contribution < 1.29 is 4.52 Å². The number of aliphatic imine (C=N–C) groups is 1. The maximum atomic E-state index is 5.10. The first kappa shape index (κ1) is 20.5. The lowest BCUT2D eigenvalue weighted by molar-refractivity contribution is 0.372. The molecule has 0 aromatic carbocycles. The summed E-state index contributed by atoms with van der Waals surface area (Å²) in [5.41, 5.74) is 0. The Hall–Kier alpha value is -1.59. The average molecular weight is 338 g/mol. The lowest BCUT2D eigenvalue weighted by atomic mass is 10.1. The molecule has 1 heterocycles. The van der Waals surface area contributed by atoms with Crippen LogP contribution in [0, 0.1) is 6.92 Å². The minimum atomic E-state index is 0.695. The topological polar surface area (TPSA) is 75.3 Å². The third-order valence-electron chi connectivity index (χ3n) is 3.98. The highest BCUT2D eigenvalue weighted by atomic mass is 16.5. The fourth-order valence-corrected chi connectivity index (χ4v) is 2.57. The zero-order chi connectivity index (χ0) is 17.5. The molecule has 0 unspecified atom stereocenters. The highest BCUT2D eigenvalue weighted by Gasteiger charge is 2.02. The molecule has 0 aliphatic carbocycles. The monoisotopic (exact) mass is 337 g/mol. The van der Waals surface area contributed by atoms with Crippen LogP contribution in [0.4, 0.5) is 0 Å². The third-order valence-corrected chi connectivity index (χ3v) is 3.98. The maximum Gasteiger partial charge on any atom is 0.226 e. The quantitative estimate of drug-likeness (QED) is 0.327. The summed E-state index contributed by atoms with van der Waals surface area (Å²) in [6.07, 6.45) is 12.5. The Kier molecular flexibility index (Phi) is 11.8. The average Bonchev–Trinajstić information content (AvgIpc) is 3.00. The summed E-state index contributed by atoms with van der Waals surface area (Å²) in [5, 5.41) is 10.5. The van der Waals surface area contributed by atoms with Crippen LogP contribution in [0.15, 0.2) is 9.52 Å². The fourth-order valence-electron chi connectivity index (χ4n) is 2.57. The lowest BCUT2D eigenvalue weighted by Crippen LogP contribution is -2.38. The smallest absolute Gasteiger partial charge is 0.226 e. The van der Waals surface area contributed by atoms with Gasteiger partial charge in [-0.05, 0) is 19.8 Å². The first-order valence-corrected chi connectivity index (χ1v) is 9.50. The van der Waals surface area contributed by atoms with Crippen LogP contribution < -0.4 is 10.6 Å². The van der Waals surface area contributed by atoms with Gasteiger partial charge >= 0.3 is 0 Å². The Bertz CT molecular complexity index is 444. The number of hydrogen-bond acceptors (Lipinski definition) is 4. The largest absolute Gasteiger partial charge is 0.356 e. The van der Waals surface area contributed by atoms with Gasteiger partial charge in [0.2, 0.25) is 5.89 Å². The molecule has 0 fully saturated rings. The van der Waals surface area contributed by atoms with Crippen molar-refractivity contribution in [1.82, 2.24) is 20.8 Å². The van der Waals surface area contributed by atoms with Gasteiger partial charge in [-0.3, -0.25) is 4.99 Å². The van der Waals surface area contributed by atoms with Crippen LogP contribution in [0.1, 0.15) is 76.4 Å². The van der Waals surface area contributed by atoms with Crippen molar-refractivity contribution in [1.29, 1.82) is 0 Å². The summed E-state index contributed by atoms with van der Waals surface area (Å²) < 4.78 is 5.10. The van der Waals surface area contributed by atoms with Gasteiger partial charge < -0.3 is 15.2 Å².